The minimum absolute atomic E-state index is 0.0486. The molecule has 1 saturated heterocycles. The molecule has 1 aliphatic heterocycles. The van der Waals surface area contributed by atoms with Gasteiger partial charge in [-0.1, -0.05) is 20.3 Å². The standard InChI is InChI=1S/C12H20N4O/c1-4-12(3)5-7-16(8-6-12)11(17)10-13-9(2)14-15-10/h4-8H2,1-3H3,(H,13,14,15). The molecule has 94 valence electrons. The van der Waals surface area contributed by atoms with Gasteiger partial charge in [-0.3, -0.25) is 9.89 Å². The molecule has 0 saturated carbocycles. The molecule has 0 radical (unpaired) electrons. The predicted molar refractivity (Wildman–Crippen MR) is 64.7 cm³/mol. The van der Waals surface area contributed by atoms with E-state index >= 15 is 0 Å². The highest BCUT2D eigenvalue weighted by Gasteiger charge is 2.31. The van der Waals surface area contributed by atoms with Crippen molar-refractivity contribution >= 4 is 5.91 Å². The number of rotatable bonds is 2. The van der Waals surface area contributed by atoms with E-state index in [9.17, 15) is 4.79 Å². The zero-order valence-electron chi connectivity index (χ0n) is 10.8. The maximum Gasteiger partial charge on any atom is 0.293 e. The van der Waals surface area contributed by atoms with Gasteiger partial charge in [0.15, 0.2) is 0 Å². The molecule has 0 unspecified atom stereocenters. The number of carbonyl (C=O) groups excluding carboxylic acids is 1. The fourth-order valence-corrected chi connectivity index (χ4v) is 2.18. The van der Waals surface area contributed by atoms with E-state index in [1.165, 1.54) is 6.42 Å². The summed E-state index contributed by atoms with van der Waals surface area (Å²) in [4.78, 5) is 18.0. The molecule has 1 amide bonds. The van der Waals surface area contributed by atoms with Gasteiger partial charge in [0, 0.05) is 13.1 Å². The third-order valence-electron chi connectivity index (χ3n) is 3.90. The topological polar surface area (TPSA) is 61.9 Å². The van der Waals surface area contributed by atoms with Crippen LogP contribution in [0.4, 0.5) is 0 Å². The first-order chi connectivity index (χ1) is 8.04. The Labute approximate surface area is 102 Å². The van der Waals surface area contributed by atoms with Crippen molar-refractivity contribution in [2.24, 2.45) is 5.41 Å². The molecule has 0 aliphatic carbocycles. The van der Waals surface area contributed by atoms with Gasteiger partial charge in [-0.2, -0.15) is 0 Å². The zero-order chi connectivity index (χ0) is 12.5. The second kappa shape index (κ2) is 4.47. The first-order valence-electron chi connectivity index (χ1n) is 6.22. The third kappa shape index (κ3) is 2.48. The van der Waals surface area contributed by atoms with E-state index in [4.69, 9.17) is 0 Å². The SMILES string of the molecule is CCC1(C)CCN(C(=O)c2n[nH]c(C)n2)CC1. The number of carbonyl (C=O) groups is 1. The van der Waals surface area contributed by atoms with Gasteiger partial charge in [0.2, 0.25) is 5.82 Å². The van der Waals surface area contributed by atoms with Crippen LogP contribution in [0.3, 0.4) is 0 Å². The number of likely N-dealkylation sites (tertiary alicyclic amines) is 1. The van der Waals surface area contributed by atoms with E-state index < -0.39 is 0 Å². The number of amides is 1. The van der Waals surface area contributed by atoms with Gasteiger partial charge in [0.05, 0.1) is 0 Å². The molecule has 2 rings (SSSR count). The van der Waals surface area contributed by atoms with E-state index in [1.54, 1.807) is 6.92 Å². The largest absolute Gasteiger partial charge is 0.336 e. The minimum atomic E-state index is -0.0486. The molecule has 0 spiro atoms. The summed E-state index contributed by atoms with van der Waals surface area (Å²) < 4.78 is 0. The summed E-state index contributed by atoms with van der Waals surface area (Å²) in [5.41, 5.74) is 0.395. The lowest BCUT2D eigenvalue weighted by atomic mass is 9.78. The average Bonchev–Trinajstić information content (AvgIpc) is 2.76. The number of hydrogen-bond donors (Lipinski definition) is 1. The fourth-order valence-electron chi connectivity index (χ4n) is 2.18. The summed E-state index contributed by atoms with van der Waals surface area (Å²) in [5, 5.41) is 6.63. The zero-order valence-corrected chi connectivity index (χ0v) is 10.8. The molecule has 17 heavy (non-hydrogen) atoms. The quantitative estimate of drug-likeness (QED) is 0.851. The lowest BCUT2D eigenvalue weighted by molar-refractivity contribution is 0.0589. The summed E-state index contributed by atoms with van der Waals surface area (Å²) in [6.45, 7) is 7.95. The molecular formula is C12H20N4O. The number of aryl methyl sites for hydroxylation is 1. The molecule has 1 aliphatic rings. The number of nitrogens with one attached hydrogen (secondary N) is 1. The Morgan fingerprint density at radius 3 is 2.59 bits per heavy atom. The van der Waals surface area contributed by atoms with Gasteiger partial charge in [0.1, 0.15) is 5.82 Å². The van der Waals surface area contributed by atoms with Crippen LogP contribution in [-0.4, -0.2) is 39.1 Å². The summed E-state index contributed by atoms with van der Waals surface area (Å²) in [6, 6.07) is 0. The van der Waals surface area contributed by atoms with Crippen LogP contribution in [0.15, 0.2) is 0 Å². The number of hydrogen-bond acceptors (Lipinski definition) is 3. The first-order valence-corrected chi connectivity index (χ1v) is 6.22. The maximum atomic E-state index is 12.1. The van der Waals surface area contributed by atoms with Gasteiger partial charge in [-0.05, 0) is 25.2 Å². The normalized spacial score (nSPS) is 19.4. The van der Waals surface area contributed by atoms with Crippen molar-refractivity contribution in [3.05, 3.63) is 11.6 Å². The minimum Gasteiger partial charge on any atom is -0.336 e. The number of nitrogens with zero attached hydrogens (tertiary/aromatic N) is 3. The van der Waals surface area contributed by atoms with E-state index in [0.29, 0.717) is 17.1 Å². The lowest BCUT2D eigenvalue weighted by Crippen LogP contribution is -2.42. The molecule has 0 aromatic carbocycles. The van der Waals surface area contributed by atoms with Crippen molar-refractivity contribution in [1.29, 1.82) is 0 Å². The highest BCUT2D eigenvalue weighted by Crippen LogP contribution is 2.34. The van der Waals surface area contributed by atoms with Crippen LogP contribution in [-0.2, 0) is 0 Å². The van der Waals surface area contributed by atoms with E-state index in [2.05, 4.69) is 29.0 Å². The molecule has 1 aromatic heterocycles. The molecule has 0 atom stereocenters. The monoisotopic (exact) mass is 236 g/mol. The maximum absolute atomic E-state index is 12.1. The van der Waals surface area contributed by atoms with Gasteiger partial charge >= 0.3 is 0 Å². The van der Waals surface area contributed by atoms with Crippen LogP contribution in [0.5, 0.6) is 0 Å². The second-order valence-electron chi connectivity index (χ2n) is 5.20. The summed E-state index contributed by atoms with van der Waals surface area (Å²) >= 11 is 0. The summed E-state index contributed by atoms with van der Waals surface area (Å²) in [6.07, 6.45) is 3.31. The highest BCUT2D eigenvalue weighted by atomic mass is 16.2. The van der Waals surface area contributed by atoms with Gasteiger partial charge < -0.3 is 4.90 Å². The van der Waals surface area contributed by atoms with Crippen LogP contribution in [0, 0.1) is 12.3 Å². The van der Waals surface area contributed by atoms with Crippen LogP contribution < -0.4 is 0 Å². The summed E-state index contributed by atoms with van der Waals surface area (Å²) in [7, 11) is 0. The Morgan fingerprint density at radius 2 is 2.12 bits per heavy atom. The van der Waals surface area contributed by atoms with Gasteiger partial charge in [-0.25, -0.2) is 4.98 Å². The molecule has 1 aromatic rings. The van der Waals surface area contributed by atoms with Crippen molar-refractivity contribution < 1.29 is 4.79 Å². The highest BCUT2D eigenvalue weighted by molar-refractivity contribution is 5.90. The van der Waals surface area contributed by atoms with E-state index in [1.807, 2.05) is 4.90 Å². The smallest absolute Gasteiger partial charge is 0.293 e. The Balaban J connectivity index is 1.99. The third-order valence-corrected chi connectivity index (χ3v) is 3.90. The van der Waals surface area contributed by atoms with Crippen LogP contribution in [0.25, 0.3) is 0 Å². The molecule has 5 nitrogen and oxygen atoms in total. The van der Waals surface area contributed by atoms with Crippen molar-refractivity contribution in [2.45, 2.75) is 40.0 Å². The summed E-state index contributed by atoms with van der Waals surface area (Å²) in [5.74, 6) is 0.930. The van der Waals surface area contributed by atoms with E-state index in [-0.39, 0.29) is 5.91 Å². The molecule has 2 heterocycles. The Hall–Kier alpha value is -1.39. The lowest BCUT2D eigenvalue weighted by Gasteiger charge is -2.38. The molecule has 5 heteroatoms. The van der Waals surface area contributed by atoms with Crippen molar-refractivity contribution in [3.8, 4) is 0 Å². The van der Waals surface area contributed by atoms with Crippen molar-refractivity contribution in [3.63, 3.8) is 0 Å². The second-order valence-corrected chi connectivity index (χ2v) is 5.20. The Kier molecular flexibility index (Phi) is 3.17. The van der Waals surface area contributed by atoms with Crippen LogP contribution in [0.2, 0.25) is 0 Å². The van der Waals surface area contributed by atoms with Crippen LogP contribution in [0.1, 0.15) is 49.6 Å². The number of aromatic nitrogens is 3. The molecule has 1 fully saturated rings. The Bertz CT molecular complexity index is 404. The van der Waals surface area contributed by atoms with E-state index in [0.717, 1.165) is 25.9 Å². The van der Waals surface area contributed by atoms with Crippen LogP contribution >= 0.6 is 0 Å². The first kappa shape index (κ1) is 12.1. The molecule has 1 N–H and O–H groups in total. The van der Waals surface area contributed by atoms with Crippen molar-refractivity contribution in [2.75, 3.05) is 13.1 Å². The Morgan fingerprint density at radius 1 is 1.47 bits per heavy atom. The molecule has 0 bridgehead atoms. The number of H-pyrrole nitrogens is 1. The van der Waals surface area contributed by atoms with Crippen molar-refractivity contribution in [1.82, 2.24) is 20.1 Å². The predicted octanol–water partition coefficient (Wildman–Crippen LogP) is 1.77. The molecular weight excluding hydrogens is 216 g/mol. The average molecular weight is 236 g/mol. The van der Waals surface area contributed by atoms with Gasteiger partial charge in [-0.15, -0.1) is 5.10 Å². The fraction of sp³-hybridized carbons (Fsp3) is 0.750. The van der Waals surface area contributed by atoms with Gasteiger partial charge in [0.25, 0.3) is 5.91 Å². The number of aromatic amines is 1. The number of piperidine rings is 1.